The van der Waals surface area contributed by atoms with Gasteiger partial charge in [-0.05, 0) is 19.9 Å². The zero-order valence-corrected chi connectivity index (χ0v) is 8.72. The minimum absolute atomic E-state index is 0.204. The van der Waals surface area contributed by atoms with E-state index in [0.717, 1.165) is 25.7 Å². The Balaban J connectivity index is 2.48. The Bertz CT molecular complexity index is 238. The van der Waals surface area contributed by atoms with Gasteiger partial charge in [-0.3, -0.25) is 0 Å². The van der Waals surface area contributed by atoms with Crippen molar-refractivity contribution < 1.29 is 13.2 Å². The maximum absolute atomic E-state index is 12.3. The summed E-state index contributed by atoms with van der Waals surface area (Å²) in [4.78, 5) is 1.67. The predicted octanol–water partition coefficient (Wildman–Crippen LogP) is 2.56. The van der Waals surface area contributed by atoms with Crippen LogP contribution in [0.25, 0.3) is 0 Å². The average Bonchev–Trinajstić information content (AvgIpc) is 2.64. The van der Waals surface area contributed by atoms with Crippen LogP contribution in [0.3, 0.4) is 0 Å². The van der Waals surface area contributed by atoms with Crippen molar-refractivity contribution in [1.29, 1.82) is 5.26 Å². The molecule has 0 spiro atoms. The molecule has 0 radical (unpaired) electrons. The third-order valence-electron chi connectivity index (χ3n) is 2.97. The molecule has 1 fully saturated rings. The molecule has 0 saturated heterocycles. The van der Waals surface area contributed by atoms with Gasteiger partial charge >= 0.3 is 6.18 Å². The largest absolute Gasteiger partial charge is 0.405 e. The molecule has 1 rings (SSSR count). The second kappa shape index (κ2) is 4.84. The van der Waals surface area contributed by atoms with Crippen molar-refractivity contribution in [2.24, 2.45) is 5.92 Å². The molecule has 86 valence electrons. The summed E-state index contributed by atoms with van der Waals surface area (Å²) in [5.41, 5.74) is 0. The minimum Gasteiger partial charge on any atom is -0.302 e. The van der Waals surface area contributed by atoms with Crippen molar-refractivity contribution in [3.05, 3.63) is 0 Å². The Labute approximate surface area is 87.7 Å². The van der Waals surface area contributed by atoms with Gasteiger partial charge in [-0.25, -0.2) is 0 Å². The molecule has 0 aromatic heterocycles. The van der Waals surface area contributed by atoms with Crippen LogP contribution in [-0.2, 0) is 0 Å². The molecule has 0 amide bonds. The maximum Gasteiger partial charge on any atom is 0.405 e. The van der Waals surface area contributed by atoms with Crippen LogP contribution in [0.5, 0.6) is 0 Å². The molecular formula is C10H15F3N2. The van der Waals surface area contributed by atoms with E-state index in [1.165, 1.54) is 6.07 Å². The lowest BCUT2D eigenvalue weighted by Crippen LogP contribution is -2.38. The highest BCUT2D eigenvalue weighted by Crippen LogP contribution is 2.29. The summed E-state index contributed by atoms with van der Waals surface area (Å²) in [5.74, 6) is -1.86. The zero-order valence-electron chi connectivity index (χ0n) is 8.72. The molecule has 1 aliphatic rings. The monoisotopic (exact) mass is 220 g/mol. The molecule has 2 nitrogen and oxygen atoms in total. The number of nitriles is 1. The van der Waals surface area contributed by atoms with Crippen LogP contribution >= 0.6 is 0 Å². The van der Waals surface area contributed by atoms with Gasteiger partial charge in [0.25, 0.3) is 0 Å². The first kappa shape index (κ1) is 12.3. The number of rotatable bonds is 3. The highest BCUT2D eigenvalue weighted by molar-refractivity contribution is 4.91. The van der Waals surface area contributed by atoms with Crippen molar-refractivity contribution in [3.63, 3.8) is 0 Å². The van der Waals surface area contributed by atoms with E-state index in [2.05, 4.69) is 0 Å². The molecule has 0 aromatic rings. The molecule has 0 bridgehead atoms. The summed E-state index contributed by atoms with van der Waals surface area (Å²) in [5, 5.41) is 8.46. The molecule has 1 aliphatic carbocycles. The molecular weight excluding hydrogens is 205 g/mol. The van der Waals surface area contributed by atoms with Crippen LogP contribution in [0, 0.1) is 17.2 Å². The normalized spacial score (nSPS) is 20.5. The first-order valence-electron chi connectivity index (χ1n) is 5.11. The van der Waals surface area contributed by atoms with Gasteiger partial charge in [0.05, 0.1) is 6.07 Å². The van der Waals surface area contributed by atoms with Gasteiger partial charge in [0, 0.05) is 12.6 Å². The van der Waals surface area contributed by atoms with Crippen LogP contribution < -0.4 is 0 Å². The van der Waals surface area contributed by atoms with Crippen LogP contribution in [0.15, 0.2) is 0 Å². The maximum atomic E-state index is 12.3. The Morgan fingerprint density at radius 3 is 2.33 bits per heavy atom. The molecule has 1 saturated carbocycles. The number of alkyl halides is 3. The Kier molecular flexibility index (Phi) is 3.97. The van der Waals surface area contributed by atoms with E-state index in [4.69, 9.17) is 5.26 Å². The lowest BCUT2D eigenvalue weighted by molar-refractivity contribution is -0.163. The predicted molar refractivity (Wildman–Crippen MR) is 50.0 cm³/mol. The molecule has 0 heterocycles. The van der Waals surface area contributed by atoms with E-state index >= 15 is 0 Å². The van der Waals surface area contributed by atoms with Crippen LogP contribution in [0.2, 0.25) is 0 Å². The molecule has 5 heteroatoms. The van der Waals surface area contributed by atoms with Crippen LogP contribution in [0.4, 0.5) is 13.2 Å². The van der Waals surface area contributed by atoms with Crippen LogP contribution in [0.1, 0.15) is 25.7 Å². The summed E-state index contributed by atoms with van der Waals surface area (Å²) in [6.45, 7) is -0.204. The fourth-order valence-electron chi connectivity index (χ4n) is 2.00. The Hall–Kier alpha value is -0.760. The van der Waals surface area contributed by atoms with Gasteiger partial charge in [-0.15, -0.1) is 0 Å². The number of hydrogen-bond donors (Lipinski definition) is 0. The van der Waals surface area contributed by atoms with Gasteiger partial charge in [-0.1, -0.05) is 12.8 Å². The zero-order chi connectivity index (χ0) is 11.5. The summed E-state index contributed by atoms with van der Waals surface area (Å²) in [6, 6.07) is 1.55. The topological polar surface area (TPSA) is 27.0 Å². The van der Waals surface area contributed by atoms with E-state index in [9.17, 15) is 13.2 Å². The SMILES string of the molecule is CN(CC(C#N)C(F)(F)F)C1CCCC1. The fourth-order valence-corrected chi connectivity index (χ4v) is 2.00. The smallest absolute Gasteiger partial charge is 0.302 e. The molecule has 0 aliphatic heterocycles. The molecule has 15 heavy (non-hydrogen) atoms. The van der Waals surface area contributed by atoms with Crippen molar-refractivity contribution in [2.75, 3.05) is 13.6 Å². The minimum atomic E-state index is -4.40. The molecule has 1 atom stereocenters. The summed E-state index contributed by atoms with van der Waals surface area (Å²) in [6.07, 6.45) is -0.336. The third kappa shape index (κ3) is 3.38. The standard InChI is InChI=1S/C10H15F3N2/c1-15(9-4-2-3-5-9)7-8(6-14)10(11,12)13/h8-9H,2-5,7H2,1H3. The van der Waals surface area contributed by atoms with Gasteiger partial charge < -0.3 is 4.90 Å². The van der Waals surface area contributed by atoms with Gasteiger partial charge in [-0.2, -0.15) is 18.4 Å². The quantitative estimate of drug-likeness (QED) is 0.730. The number of nitrogens with zero attached hydrogens (tertiary/aromatic N) is 2. The van der Waals surface area contributed by atoms with E-state index in [0.29, 0.717) is 0 Å². The highest BCUT2D eigenvalue weighted by atomic mass is 19.4. The Morgan fingerprint density at radius 2 is 1.93 bits per heavy atom. The van der Waals surface area contributed by atoms with Gasteiger partial charge in [0.2, 0.25) is 0 Å². The van der Waals surface area contributed by atoms with Crippen molar-refractivity contribution >= 4 is 0 Å². The Morgan fingerprint density at radius 1 is 1.40 bits per heavy atom. The van der Waals surface area contributed by atoms with E-state index in [1.807, 2.05) is 0 Å². The second-order valence-corrected chi connectivity index (χ2v) is 4.10. The average molecular weight is 220 g/mol. The first-order chi connectivity index (χ1) is 6.95. The van der Waals surface area contributed by atoms with E-state index in [-0.39, 0.29) is 12.6 Å². The molecule has 0 aromatic carbocycles. The van der Waals surface area contributed by atoms with Gasteiger partial charge in [0.1, 0.15) is 0 Å². The fraction of sp³-hybridized carbons (Fsp3) is 0.900. The first-order valence-corrected chi connectivity index (χ1v) is 5.11. The summed E-state index contributed by atoms with van der Waals surface area (Å²) < 4.78 is 37.0. The van der Waals surface area contributed by atoms with Crippen molar-refractivity contribution in [1.82, 2.24) is 4.90 Å². The van der Waals surface area contributed by atoms with E-state index in [1.54, 1.807) is 11.9 Å². The number of hydrogen-bond acceptors (Lipinski definition) is 2. The second-order valence-electron chi connectivity index (χ2n) is 4.10. The summed E-state index contributed by atoms with van der Waals surface area (Å²) in [7, 11) is 1.67. The molecule has 0 N–H and O–H groups in total. The molecule has 1 unspecified atom stereocenters. The number of halogens is 3. The van der Waals surface area contributed by atoms with Gasteiger partial charge in [0.15, 0.2) is 5.92 Å². The lowest BCUT2D eigenvalue weighted by atomic mass is 10.1. The highest BCUT2D eigenvalue weighted by Gasteiger charge is 2.41. The van der Waals surface area contributed by atoms with Crippen molar-refractivity contribution in [3.8, 4) is 6.07 Å². The van der Waals surface area contributed by atoms with Crippen LogP contribution in [-0.4, -0.2) is 30.7 Å². The summed E-state index contributed by atoms with van der Waals surface area (Å²) >= 11 is 0. The lowest BCUT2D eigenvalue weighted by Gasteiger charge is -2.26. The van der Waals surface area contributed by atoms with Crippen molar-refractivity contribution in [2.45, 2.75) is 37.9 Å². The third-order valence-corrected chi connectivity index (χ3v) is 2.97. The van der Waals surface area contributed by atoms with E-state index < -0.39 is 12.1 Å².